The molecule has 1 heterocycles. The Balaban J connectivity index is 2.43. The smallest absolute Gasteiger partial charge is 0.170 e. The van der Waals surface area contributed by atoms with Crippen molar-refractivity contribution in [1.29, 1.82) is 0 Å². The molecule has 90 valence electrons. The molecule has 0 radical (unpaired) electrons. The standard InChI is InChI=1S/C12H14FN3O/c13-5-1-6-16-7-4-9-2-3-10(8-11(9)16)12(14)15-17/h2-4,7-8,17H,1,5-6H2,(H2,14,15). The normalized spacial score (nSPS) is 12.2. The Hall–Kier alpha value is -2.04. The number of aryl methyl sites for hydroxylation is 1. The molecule has 3 N–H and O–H groups in total. The van der Waals surface area contributed by atoms with Gasteiger partial charge in [0.2, 0.25) is 0 Å². The first-order chi connectivity index (χ1) is 8.26. The predicted molar refractivity (Wildman–Crippen MR) is 65.0 cm³/mol. The Morgan fingerprint density at radius 2 is 2.24 bits per heavy atom. The summed E-state index contributed by atoms with van der Waals surface area (Å²) in [6.45, 7) is 0.291. The lowest BCUT2D eigenvalue weighted by molar-refractivity contribution is 0.318. The van der Waals surface area contributed by atoms with Crippen molar-refractivity contribution in [2.75, 3.05) is 6.67 Å². The first kappa shape index (κ1) is 11.4. The van der Waals surface area contributed by atoms with E-state index in [-0.39, 0.29) is 12.5 Å². The van der Waals surface area contributed by atoms with E-state index in [1.165, 1.54) is 0 Å². The number of halogens is 1. The van der Waals surface area contributed by atoms with Crippen molar-refractivity contribution in [2.24, 2.45) is 10.9 Å². The van der Waals surface area contributed by atoms with Gasteiger partial charge in [-0.05, 0) is 23.9 Å². The SMILES string of the molecule is N/C(=N/O)c1ccc2ccn(CCCF)c2c1. The minimum Gasteiger partial charge on any atom is -0.409 e. The number of alkyl halides is 1. The summed E-state index contributed by atoms with van der Waals surface area (Å²) in [7, 11) is 0. The van der Waals surface area contributed by atoms with E-state index >= 15 is 0 Å². The molecule has 5 heteroatoms. The number of nitrogens with two attached hydrogens (primary N) is 1. The zero-order chi connectivity index (χ0) is 12.3. The lowest BCUT2D eigenvalue weighted by Crippen LogP contribution is -2.13. The number of hydrogen-bond acceptors (Lipinski definition) is 2. The Morgan fingerprint density at radius 3 is 2.94 bits per heavy atom. The average molecular weight is 235 g/mol. The third-order valence-corrected chi connectivity index (χ3v) is 2.71. The molecule has 0 amide bonds. The maximum Gasteiger partial charge on any atom is 0.170 e. The van der Waals surface area contributed by atoms with Crippen LogP contribution in [0.25, 0.3) is 10.9 Å². The zero-order valence-corrected chi connectivity index (χ0v) is 9.31. The summed E-state index contributed by atoms with van der Waals surface area (Å²) < 4.78 is 14.1. The summed E-state index contributed by atoms with van der Waals surface area (Å²) in [6, 6.07) is 7.48. The van der Waals surface area contributed by atoms with Gasteiger partial charge in [0.05, 0.1) is 6.67 Å². The number of aromatic nitrogens is 1. The van der Waals surface area contributed by atoms with Gasteiger partial charge in [0.15, 0.2) is 5.84 Å². The van der Waals surface area contributed by atoms with Crippen LogP contribution in [0.2, 0.25) is 0 Å². The van der Waals surface area contributed by atoms with E-state index in [2.05, 4.69) is 5.16 Å². The fourth-order valence-corrected chi connectivity index (χ4v) is 1.83. The maximum atomic E-state index is 12.2. The van der Waals surface area contributed by atoms with E-state index in [9.17, 15) is 4.39 Å². The summed E-state index contributed by atoms with van der Waals surface area (Å²) in [6.07, 6.45) is 2.40. The van der Waals surface area contributed by atoms with Gasteiger partial charge in [0.1, 0.15) is 0 Å². The fourth-order valence-electron chi connectivity index (χ4n) is 1.83. The largest absolute Gasteiger partial charge is 0.409 e. The molecule has 2 aromatic rings. The third kappa shape index (κ3) is 2.22. The van der Waals surface area contributed by atoms with Gasteiger partial charge in [-0.1, -0.05) is 17.3 Å². The quantitative estimate of drug-likeness (QED) is 0.369. The van der Waals surface area contributed by atoms with Crippen molar-refractivity contribution in [3.05, 3.63) is 36.0 Å². The number of rotatable bonds is 4. The number of hydrogen-bond donors (Lipinski definition) is 2. The van der Waals surface area contributed by atoms with Gasteiger partial charge in [-0.15, -0.1) is 0 Å². The van der Waals surface area contributed by atoms with Gasteiger partial charge in [0, 0.05) is 23.8 Å². The molecule has 0 unspecified atom stereocenters. The summed E-state index contributed by atoms with van der Waals surface area (Å²) >= 11 is 0. The fraction of sp³-hybridized carbons (Fsp3) is 0.250. The van der Waals surface area contributed by atoms with E-state index in [4.69, 9.17) is 10.9 Å². The van der Waals surface area contributed by atoms with E-state index in [1.54, 1.807) is 6.07 Å². The first-order valence-electron chi connectivity index (χ1n) is 5.39. The monoisotopic (exact) mass is 235 g/mol. The number of nitrogens with zero attached hydrogens (tertiary/aromatic N) is 2. The van der Waals surface area contributed by atoms with Crippen LogP contribution in [-0.4, -0.2) is 22.3 Å². The Bertz CT molecular complexity index is 548. The first-order valence-corrected chi connectivity index (χ1v) is 5.39. The second kappa shape index (κ2) is 4.86. The van der Waals surface area contributed by atoms with Crippen molar-refractivity contribution in [2.45, 2.75) is 13.0 Å². The molecule has 0 bridgehead atoms. The van der Waals surface area contributed by atoms with Crippen molar-refractivity contribution < 1.29 is 9.60 Å². The van der Waals surface area contributed by atoms with Gasteiger partial charge in [0.25, 0.3) is 0 Å². The highest BCUT2D eigenvalue weighted by atomic mass is 19.1. The minimum absolute atomic E-state index is 0.0742. The summed E-state index contributed by atoms with van der Waals surface area (Å²) in [5.41, 5.74) is 7.15. The Morgan fingerprint density at radius 1 is 1.41 bits per heavy atom. The molecule has 0 aliphatic heterocycles. The van der Waals surface area contributed by atoms with Gasteiger partial charge in [-0.3, -0.25) is 4.39 Å². The van der Waals surface area contributed by atoms with Gasteiger partial charge >= 0.3 is 0 Å². The van der Waals surface area contributed by atoms with Crippen LogP contribution in [0.1, 0.15) is 12.0 Å². The molecule has 0 saturated carbocycles. The van der Waals surface area contributed by atoms with Gasteiger partial charge in [-0.2, -0.15) is 0 Å². The molecule has 4 nitrogen and oxygen atoms in total. The van der Waals surface area contributed by atoms with E-state index < -0.39 is 0 Å². The maximum absolute atomic E-state index is 12.2. The highest BCUT2D eigenvalue weighted by molar-refractivity contribution is 6.00. The lowest BCUT2D eigenvalue weighted by atomic mass is 10.1. The van der Waals surface area contributed by atoms with Crippen LogP contribution in [0.4, 0.5) is 4.39 Å². The van der Waals surface area contributed by atoms with Crippen molar-refractivity contribution in [3.8, 4) is 0 Å². The molecular weight excluding hydrogens is 221 g/mol. The topological polar surface area (TPSA) is 63.5 Å². The zero-order valence-electron chi connectivity index (χ0n) is 9.31. The Labute approximate surface area is 98.1 Å². The molecule has 0 spiro atoms. The van der Waals surface area contributed by atoms with Crippen LogP contribution in [0.5, 0.6) is 0 Å². The summed E-state index contributed by atoms with van der Waals surface area (Å²) in [5, 5.41) is 12.6. The molecule has 0 fully saturated rings. The van der Waals surface area contributed by atoms with Crippen LogP contribution in [0.15, 0.2) is 35.6 Å². The minimum atomic E-state index is -0.334. The molecule has 17 heavy (non-hydrogen) atoms. The molecule has 0 atom stereocenters. The molecule has 0 aliphatic carbocycles. The predicted octanol–water partition coefficient (Wildman–Crippen LogP) is 2.10. The van der Waals surface area contributed by atoms with Crippen LogP contribution < -0.4 is 5.73 Å². The molecular formula is C12H14FN3O. The van der Waals surface area contributed by atoms with E-state index in [1.807, 2.05) is 29.0 Å². The second-order valence-corrected chi connectivity index (χ2v) is 3.81. The summed E-state index contributed by atoms with van der Waals surface area (Å²) in [4.78, 5) is 0. The number of benzene rings is 1. The molecule has 2 rings (SSSR count). The van der Waals surface area contributed by atoms with E-state index in [0.717, 1.165) is 10.9 Å². The Kier molecular flexibility index (Phi) is 3.27. The highest BCUT2D eigenvalue weighted by Crippen LogP contribution is 2.18. The lowest BCUT2D eigenvalue weighted by Gasteiger charge is -2.05. The average Bonchev–Trinajstić information content (AvgIpc) is 2.77. The van der Waals surface area contributed by atoms with Gasteiger partial charge < -0.3 is 15.5 Å². The van der Waals surface area contributed by atoms with Crippen LogP contribution >= 0.6 is 0 Å². The van der Waals surface area contributed by atoms with Crippen LogP contribution in [-0.2, 0) is 6.54 Å². The van der Waals surface area contributed by atoms with E-state index in [0.29, 0.717) is 18.5 Å². The van der Waals surface area contributed by atoms with Gasteiger partial charge in [-0.25, -0.2) is 0 Å². The highest BCUT2D eigenvalue weighted by Gasteiger charge is 2.04. The second-order valence-electron chi connectivity index (χ2n) is 3.81. The van der Waals surface area contributed by atoms with Crippen LogP contribution in [0.3, 0.4) is 0 Å². The van der Waals surface area contributed by atoms with Crippen molar-refractivity contribution in [3.63, 3.8) is 0 Å². The summed E-state index contributed by atoms with van der Waals surface area (Å²) in [5.74, 6) is 0.0742. The molecule has 1 aromatic heterocycles. The molecule has 0 aliphatic rings. The molecule has 1 aromatic carbocycles. The number of amidine groups is 1. The van der Waals surface area contributed by atoms with Crippen molar-refractivity contribution in [1.82, 2.24) is 4.57 Å². The number of fused-ring (bicyclic) bond motifs is 1. The van der Waals surface area contributed by atoms with Crippen molar-refractivity contribution >= 4 is 16.7 Å². The third-order valence-electron chi connectivity index (χ3n) is 2.71. The van der Waals surface area contributed by atoms with Crippen LogP contribution in [0, 0.1) is 0 Å². The molecule has 0 saturated heterocycles. The number of oxime groups is 1.